The molecule has 0 amide bonds. The highest BCUT2D eigenvalue weighted by molar-refractivity contribution is 9.10. The van der Waals surface area contributed by atoms with Crippen molar-refractivity contribution in [2.24, 2.45) is 0 Å². The molecule has 0 saturated carbocycles. The number of aromatic nitrogens is 2. The maximum Gasteiger partial charge on any atom is 0.311 e. The highest BCUT2D eigenvalue weighted by Crippen LogP contribution is 2.30. The van der Waals surface area contributed by atoms with Crippen LogP contribution in [0.15, 0.2) is 4.47 Å². The van der Waals surface area contributed by atoms with E-state index in [1.54, 1.807) is 0 Å². The van der Waals surface area contributed by atoms with Crippen molar-refractivity contribution >= 4 is 39.1 Å². The zero-order chi connectivity index (χ0) is 9.30. The van der Waals surface area contributed by atoms with E-state index in [-0.39, 0.29) is 10.2 Å². The molecule has 0 aliphatic carbocycles. The third-order valence-corrected chi connectivity index (χ3v) is 2.16. The number of hydrogen-bond acceptors (Lipinski definition) is 2. The van der Waals surface area contributed by atoms with Gasteiger partial charge >= 0.3 is 6.08 Å². The quantitative estimate of drug-likeness (QED) is 0.448. The summed E-state index contributed by atoms with van der Waals surface area (Å²) in [5.74, 6) is -1.02. The van der Waals surface area contributed by atoms with Gasteiger partial charge in [0.1, 0.15) is 0 Å². The van der Waals surface area contributed by atoms with Gasteiger partial charge in [-0.25, -0.2) is 4.98 Å². The van der Waals surface area contributed by atoms with Gasteiger partial charge in [-0.1, -0.05) is 23.2 Å². The third kappa shape index (κ3) is 2.02. The summed E-state index contributed by atoms with van der Waals surface area (Å²) >= 11 is 13.5. The molecule has 0 aliphatic rings. The van der Waals surface area contributed by atoms with Crippen molar-refractivity contribution < 1.29 is 8.78 Å². The Balaban J connectivity index is 3.28. The molecule has 0 aliphatic heterocycles. The van der Waals surface area contributed by atoms with Crippen molar-refractivity contribution in [1.82, 2.24) is 9.97 Å². The van der Waals surface area contributed by atoms with Crippen molar-refractivity contribution in [3.63, 3.8) is 0 Å². The monoisotopic (exact) mass is 276 g/mol. The maximum absolute atomic E-state index is 12.6. The SMILES string of the molecule is Fc1nc(F)c(Br)c(C(Cl)Cl)n1. The summed E-state index contributed by atoms with van der Waals surface area (Å²) in [7, 11) is 0. The van der Waals surface area contributed by atoms with Gasteiger partial charge in [0, 0.05) is 0 Å². The van der Waals surface area contributed by atoms with Crippen LogP contribution in [0.2, 0.25) is 0 Å². The minimum Gasteiger partial charge on any atom is -0.203 e. The lowest BCUT2D eigenvalue weighted by atomic mass is 10.4. The first-order valence-electron chi connectivity index (χ1n) is 2.69. The molecule has 1 rings (SSSR count). The van der Waals surface area contributed by atoms with Crippen molar-refractivity contribution in [3.05, 3.63) is 22.2 Å². The van der Waals surface area contributed by atoms with Crippen molar-refractivity contribution in [3.8, 4) is 0 Å². The molecule has 0 saturated heterocycles. The average molecular weight is 278 g/mol. The zero-order valence-corrected chi connectivity index (χ0v) is 8.46. The van der Waals surface area contributed by atoms with E-state index in [1.165, 1.54) is 0 Å². The highest BCUT2D eigenvalue weighted by atomic mass is 79.9. The Morgan fingerprint density at radius 1 is 1.25 bits per heavy atom. The predicted octanol–water partition coefficient (Wildman–Crippen LogP) is 2.99. The molecule has 0 aromatic carbocycles. The van der Waals surface area contributed by atoms with E-state index in [0.717, 1.165) is 0 Å². The first-order valence-corrected chi connectivity index (χ1v) is 4.35. The molecular weight excluding hydrogens is 277 g/mol. The molecule has 0 N–H and O–H groups in total. The standard InChI is InChI=1S/C5HBrCl2F2N2/c6-1-2(3(7)8)11-5(10)12-4(1)9/h3H. The molecular formula is C5HBrCl2F2N2. The summed E-state index contributed by atoms with van der Waals surface area (Å²) < 4.78 is 24.9. The smallest absolute Gasteiger partial charge is 0.203 e. The Kier molecular flexibility index (Phi) is 3.20. The molecule has 7 heteroatoms. The van der Waals surface area contributed by atoms with Gasteiger partial charge in [-0.2, -0.15) is 13.8 Å². The van der Waals surface area contributed by atoms with Crippen LogP contribution in [0.1, 0.15) is 10.5 Å². The average Bonchev–Trinajstić information content (AvgIpc) is 1.96. The molecule has 0 bridgehead atoms. The van der Waals surface area contributed by atoms with Crippen LogP contribution < -0.4 is 0 Å². The van der Waals surface area contributed by atoms with E-state index in [1.807, 2.05) is 0 Å². The van der Waals surface area contributed by atoms with Crippen LogP contribution in [0.5, 0.6) is 0 Å². The molecule has 66 valence electrons. The normalized spacial score (nSPS) is 10.8. The van der Waals surface area contributed by atoms with Gasteiger partial charge in [0.05, 0.1) is 10.2 Å². The van der Waals surface area contributed by atoms with Gasteiger partial charge in [-0.3, -0.25) is 0 Å². The second-order valence-electron chi connectivity index (χ2n) is 1.78. The number of rotatable bonds is 1. The van der Waals surface area contributed by atoms with Crippen LogP contribution in [-0.4, -0.2) is 9.97 Å². The first-order chi connectivity index (χ1) is 5.52. The van der Waals surface area contributed by atoms with Crippen LogP contribution in [-0.2, 0) is 0 Å². The number of hydrogen-bond donors (Lipinski definition) is 0. The molecule has 0 fully saturated rings. The molecule has 12 heavy (non-hydrogen) atoms. The summed E-state index contributed by atoms with van der Waals surface area (Å²) in [4.78, 5) is 4.92. The van der Waals surface area contributed by atoms with Crippen LogP contribution >= 0.6 is 39.1 Å². The van der Waals surface area contributed by atoms with Gasteiger partial charge < -0.3 is 0 Å². The van der Waals surface area contributed by atoms with Crippen LogP contribution in [0.3, 0.4) is 0 Å². The fourth-order valence-electron chi connectivity index (χ4n) is 0.554. The van der Waals surface area contributed by atoms with E-state index < -0.39 is 16.9 Å². The molecule has 0 spiro atoms. The Morgan fingerprint density at radius 3 is 2.33 bits per heavy atom. The Morgan fingerprint density at radius 2 is 1.83 bits per heavy atom. The van der Waals surface area contributed by atoms with E-state index in [2.05, 4.69) is 25.9 Å². The third-order valence-electron chi connectivity index (χ3n) is 1.02. The van der Waals surface area contributed by atoms with Gasteiger partial charge in [-0.05, 0) is 15.9 Å². The summed E-state index contributed by atoms with van der Waals surface area (Å²) in [5, 5.41) is 0. The molecule has 0 atom stereocenters. The summed E-state index contributed by atoms with van der Waals surface area (Å²) in [6.07, 6.45) is -1.20. The Hall–Kier alpha value is -0.000000000000000167. The van der Waals surface area contributed by atoms with Crippen molar-refractivity contribution in [2.45, 2.75) is 4.84 Å². The van der Waals surface area contributed by atoms with E-state index in [4.69, 9.17) is 23.2 Å². The zero-order valence-electron chi connectivity index (χ0n) is 5.36. The second kappa shape index (κ2) is 3.81. The van der Waals surface area contributed by atoms with Gasteiger partial charge in [-0.15, -0.1) is 0 Å². The fraction of sp³-hybridized carbons (Fsp3) is 0.200. The molecule has 1 heterocycles. The number of alkyl halides is 2. The summed E-state index contributed by atoms with van der Waals surface area (Å²) in [6, 6.07) is 0. The van der Waals surface area contributed by atoms with Gasteiger partial charge in [0.25, 0.3) is 0 Å². The lowest BCUT2D eigenvalue weighted by Crippen LogP contribution is -2.01. The molecule has 1 aromatic rings. The van der Waals surface area contributed by atoms with E-state index in [0.29, 0.717) is 0 Å². The molecule has 0 unspecified atom stereocenters. The van der Waals surface area contributed by atoms with Crippen LogP contribution in [0, 0.1) is 12.0 Å². The number of halogens is 5. The maximum atomic E-state index is 12.6. The fourth-order valence-corrected chi connectivity index (χ4v) is 1.54. The Labute approximate surface area is 85.0 Å². The largest absolute Gasteiger partial charge is 0.311 e. The lowest BCUT2D eigenvalue weighted by molar-refractivity contribution is 0.473. The molecule has 1 aromatic heterocycles. The number of nitrogens with zero attached hydrogens (tertiary/aromatic N) is 2. The van der Waals surface area contributed by atoms with E-state index >= 15 is 0 Å². The van der Waals surface area contributed by atoms with Crippen molar-refractivity contribution in [1.29, 1.82) is 0 Å². The molecule has 2 nitrogen and oxygen atoms in total. The van der Waals surface area contributed by atoms with E-state index in [9.17, 15) is 8.78 Å². The Bertz CT molecular complexity index is 308. The van der Waals surface area contributed by atoms with Crippen LogP contribution in [0.25, 0.3) is 0 Å². The first kappa shape index (κ1) is 10.1. The van der Waals surface area contributed by atoms with Crippen LogP contribution in [0.4, 0.5) is 8.78 Å². The van der Waals surface area contributed by atoms with Gasteiger partial charge in [0.15, 0.2) is 4.84 Å². The minimum absolute atomic E-state index is 0.122. The topological polar surface area (TPSA) is 25.8 Å². The summed E-state index contributed by atoms with van der Waals surface area (Å²) in [6.45, 7) is 0. The predicted molar refractivity (Wildman–Crippen MR) is 44.1 cm³/mol. The minimum atomic E-state index is -1.20. The van der Waals surface area contributed by atoms with Crippen molar-refractivity contribution in [2.75, 3.05) is 0 Å². The van der Waals surface area contributed by atoms with Gasteiger partial charge in [0.2, 0.25) is 5.95 Å². The second-order valence-corrected chi connectivity index (χ2v) is 3.67. The molecule has 0 radical (unpaired) electrons. The highest BCUT2D eigenvalue weighted by Gasteiger charge is 2.16. The lowest BCUT2D eigenvalue weighted by Gasteiger charge is -2.03. The summed E-state index contributed by atoms with van der Waals surface area (Å²) in [5.41, 5.74) is -0.122.